The number of hydrogen-bond acceptors (Lipinski definition) is 6. The smallest absolute Gasteiger partial charge is 0.354 e. The zero-order valence-corrected chi connectivity index (χ0v) is 26.2. The molecule has 4 aromatic rings. The van der Waals surface area contributed by atoms with Crippen LogP contribution in [0.2, 0.25) is 16.6 Å². The van der Waals surface area contributed by atoms with Crippen LogP contribution in [0.4, 0.5) is 0 Å². The Kier molecular flexibility index (Phi) is 8.17. The molecule has 0 saturated heterocycles. The molecule has 2 aromatic carbocycles. The Balaban J connectivity index is 2.11. The molecule has 10 heteroatoms. The number of aromatic carboxylic acids is 1. The molecule has 0 atom stereocenters. The van der Waals surface area contributed by atoms with E-state index >= 15 is 0 Å². The molecule has 0 unspecified atom stereocenters. The number of methoxy groups -OCH3 is 1. The quantitative estimate of drug-likeness (QED) is 0.198. The second-order valence-corrected chi connectivity index (χ2v) is 18.4. The maximum atomic E-state index is 14.1. The third-order valence-electron chi connectivity index (χ3n) is 7.89. The van der Waals surface area contributed by atoms with Crippen LogP contribution in [0.1, 0.15) is 63.2 Å². The van der Waals surface area contributed by atoms with Gasteiger partial charge in [-0.2, -0.15) is 0 Å². The average molecular weight is 583 g/mol. The summed E-state index contributed by atoms with van der Waals surface area (Å²) in [4.78, 5) is 16.4. The summed E-state index contributed by atoms with van der Waals surface area (Å²) in [7, 11) is -4.92. The predicted molar refractivity (Wildman–Crippen MR) is 160 cm³/mol. The fourth-order valence-electron chi connectivity index (χ4n) is 6.18. The number of aromatic nitrogens is 2. The number of fused-ring (bicyclic) bond motifs is 3. The molecule has 0 spiro atoms. The molecule has 0 aliphatic heterocycles. The van der Waals surface area contributed by atoms with Crippen molar-refractivity contribution in [2.45, 2.75) is 76.6 Å². The standard InChI is InChI=1S/C30H38N2O6SSi/c1-18(2)40(19(3)4,20(5)6)38-22-11-14-26-24(15-22)28-25(17-37-8)29(30(33)34)31-16-27(28)32(26)39(35,36)23-12-9-21(7)10-13-23/h9-16,18-20H,17H2,1-8H3,(H,33,34). The van der Waals surface area contributed by atoms with Gasteiger partial charge in [-0.3, -0.25) is 0 Å². The van der Waals surface area contributed by atoms with Crippen molar-refractivity contribution >= 4 is 46.1 Å². The summed E-state index contributed by atoms with van der Waals surface area (Å²) < 4.78 is 41.7. The zero-order chi connectivity index (χ0) is 29.6. The van der Waals surface area contributed by atoms with E-state index in [1.807, 2.05) is 19.1 Å². The van der Waals surface area contributed by atoms with Gasteiger partial charge in [-0.25, -0.2) is 22.2 Å². The summed E-state index contributed by atoms with van der Waals surface area (Å²) in [6.45, 7) is 15.0. The van der Waals surface area contributed by atoms with Gasteiger partial charge in [0.25, 0.3) is 18.3 Å². The van der Waals surface area contributed by atoms with Crippen LogP contribution in [0.25, 0.3) is 21.8 Å². The van der Waals surface area contributed by atoms with Crippen molar-refractivity contribution in [3.63, 3.8) is 0 Å². The van der Waals surface area contributed by atoms with Crippen molar-refractivity contribution in [1.29, 1.82) is 0 Å². The van der Waals surface area contributed by atoms with Gasteiger partial charge in [-0.05, 0) is 53.9 Å². The van der Waals surface area contributed by atoms with E-state index in [1.54, 1.807) is 30.3 Å². The zero-order valence-electron chi connectivity index (χ0n) is 24.3. The van der Waals surface area contributed by atoms with Crippen molar-refractivity contribution in [3.05, 3.63) is 65.5 Å². The van der Waals surface area contributed by atoms with Crippen molar-refractivity contribution < 1.29 is 27.5 Å². The number of pyridine rings is 1. The number of hydrogen-bond donors (Lipinski definition) is 1. The molecule has 0 radical (unpaired) electrons. The molecule has 2 aromatic heterocycles. The van der Waals surface area contributed by atoms with Gasteiger partial charge < -0.3 is 14.3 Å². The van der Waals surface area contributed by atoms with E-state index in [0.29, 0.717) is 44.2 Å². The molecule has 0 fully saturated rings. The molecular weight excluding hydrogens is 544 g/mol. The van der Waals surface area contributed by atoms with Crippen molar-refractivity contribution in [2.24, 2.45) is 0 Å². The fourth-order valence-corrected chi connectivity index (χ4v) is 12.9. The van der Waals surface area contributed by atoms with Gasteiger partial charge in [0.2, 0.25) is 0 Å². The molecule has 0 saturated carbocycles. The number of carbonyl (C=O) groups is 1. The van der Waals surface area contributed by atoms with Crippen LogP contribution in [0.5, 0.6) is 5.75 Å². The first-order valence-corrected chi connectivity index (χ1v) is 17.0. The summed E-state index contributed by atoms with van der Waals surface area (Å²) >= 11 is 0. The summed E-state index contributed by atoms with van der Waals surface area (Å²) in [5.74, 6) is -0.575. The lowest BCUT2D eigenvalue weighted by atomic mass is 10.1. The predicted octanol–water partition coefficient (Wildman–Crippen LogP) is 7.13. The summed E-state index contributed by atoms with van der Waals surface area (Å²) in [5.41, 5.74) is 2.76. The van der Waals surface area contributed by atoms with E-state index in [2.05, 4.69) is 46.5 Å². The summed E-state index contributed by atoms with van der Waals surface area (Å²) in [6, 6.07) is 12.0. The minimum Gasteiger partial charge on any atom is -0.543 e. The number of carboxylic acid groups (broad SMARTS) is 1. The highest BCUT2D eigenvalue weighted by atomic mass is 32.2. The number of ether oxygens (including phenoxy) is 1. The van der Waals surface area contributed by atoms with Crippen LogP contribution in [-0.2, 0) is 21.4 Å². The Morgan fingerprint density at radius 2 is 1.57 bits per heavy atom. The Morgan fingerprint density at radius 1 is 0.975 bits per heavy atom. The van der Waals surface area contributed by atoms with Gasteiger partial charge in [0.1, 0.15) is 5.75 Å². The number of nitrogens with zero attached hydrogens (tertiary/aromatic N) is 2. The number of aryl methyl sites for hydroxylation is 1. The molecule has 4 rings (SSSR count). The molecular formula is C30H38N2O6SSi. The molecule has 8 nitrogen and oxygen atoms in total. The minimum absolute atomic E-state index is 0.0522. The molecule has 2 heterocycles. The van der Waals surface area contributed by atoms with Gasteiger partial charge in [0.15, 0.2) is 5.69 Å². The highest BCUT2D eigenvalue weighted by Gasteiger charge is 2.47. The van der Waals surface area contributed by atoms with Crippen LogP contribution in [0.3, 0.4) is 0 Å². The first-order valence-electron chi connectivity index (χ1n) is 13.5. The molecule has 0 aliphatic rings. The van der Waals surface area contributed by atoms with Crippen molar-refractivity contribution in [2.75, 3.05) is 7.11 Å². The summed E-state index contributed by atoms with van der Waals surface area (Å²) in [5, 5.41) is 11.0. The first kappa shape index (κ1) is 29.8. The fraction of sp³-hybridized carbons (Fsp3) is 0.400. The number of benzene rings is 2. The largest absolute Gasteiger partial charge is 0.543 e. The number of carboxylic acids is 1. The SMILES string of the molecule is COCc1c(C(=O)O)ncc2c1c1cc(O[Si](C(C)C)(C(C)C)C(C)C)ccc1n2S(=O)(=O)c1ccc(C)cc1. The Morgan fingerprint density at radius 3 is 2.10 bits per heavy atom. The van der Waals surface area contributed by atoms with Gasteiger partial charge in [0, 0.05) is 23.4 Å². The first-order chi connectivity index (χ1) is 18.8. The van der Waals surface area contributed by atoms with Crippen LogP contribution in [0, 0.1) is 6.92 Å². The molecule has 1 N–H and O–H groups in total. The van der Waals surface area contributed by atoms with E-state index in [9.17, 15) is 18.3 Å². The normalized spacial score (nSPS) is 12.8. The lowest BCUT2D eigenvalue weighted by Crippen LogP contribution is -2.50. The van der Waals surface area contributed by atoms with Gasteiger partial charge >= 0.3 is 5.97 Å². The van der Waals surface area contributed by atoms with Crippen LogP contribution < -0.4 is 4.43 Å². The lowest BCUT2D eigenvalue weighted by Gasteiger charge is -2.42. The molecule has 214 valence electrons. The lowest BCUT2D eigenvalue weighted by molar-refractivity contribution is 0.0685. The molecule has 0 aliphatic carbocycles. The monoisotopic (exact) mass is 582 g/mol. The van der Waals surface area contributed by atoms with Crippen LogP contribution in [-0.4, -0.2) is 43.9 Å². The molecule has 0 bridgehead atoms. The molecule has 40 heavy (non-hydrogen) atoms. The Hall–Kier alpha value is -3.21. The third kappa shape index (κ3) is 4.82. The van der Waals surface area contributed by atoms with Crippen molar-refractivity contribution in [3.8, 4) is 5.75 Å². The summed E-state index contributed by atoms with van der Waals surface area (Å²) in [6.07, 6.45) is 1.32. The third-order valence-corrected chi connectivity index (χ3v) is 15.6. The highest BCUT2D eigenvalue weighted by molar-refractivity contribution is 7.90. The van der Waals surface area contributed by atoms with Crippen LogP contribution >= 0.6 is 0 Å². The minimum atomic E-state index is -4.06. The van der Waals surface area contributed by atoms with Gasteiger partial charge in [-0.15, -0.1) is 0 Å². The van der Waals surface area contributed by atoms with E-state index < -0.39 is 24.3 Å². The second kappa shape index (κ2) is 11.0. The van der Waals surface area contributed by atoms with E-state index in [1.165, 1.54) is 17.3 Å². The van der Waals surface area contributed by atoms with Crippen LogP contribution in [0.15, 0.2) is 53.6 Å². The van der Waals surface area contributed by atoms with Crippen molar-refractivity contribution in [1.82, 2.24) is 8.96 Å². The van der Waals surface area contributed by atoms with E-state index in [-0.39, 0.29) is 22.7 Å². The van der Waals surface area contributed by atoms with E-state index in [4.69, 9.17) is 9.16 Å². The maximum absolute atomic E-state index is 14.1. The average Bonchev–Trinajstić information content (AvgIpc) is 3.21. The Labute approximate surface area is 237 Å². The Bertz CT molecular complexity index is 1650. The van der Waals surface area contributed by atoms with Gasteiger partial charge in [-0.1, -0.05) is 59.2 Å². The second-order valence-electron chi connectivity index (χ2n) is 11.3. The van der Waals surface area contributed by atoms with E-state index in [0.717, 1.165) is 5.56 Å². The maximum Gasteiger partial charge on any atom is 0.354 e. The highest BCUT2D eigenvalue weighted by Crippen LogP contribution is 2.44. The van der Waals surface area contributed by atoms with Gasteiger partial charge in [0.05, 0.1) is 28.7 Å². The molecule has 0 amide bonds. The number of rotatable bonds is 10. The topological polar surface area (TPSA) is 108 Å².